The smallest absolute Gasteiger partial charge is 0.411 e. The maximum atomic E-state index is 12.8. The number of allylic oxidation sites excluding steroid dienone is 2. The minimum Gasteiger partial charge on any atom is -0.493 e. The molecule has 2 aliphatic rings. The number of hydrogen-bond acceptors (Lipinski definition) is 6. The van der Waals surface area contributed by atoms with Gasteiger partial charge in [-0.25, -0.2) is 0 Å². The van der Waals surface area contributed by atoms with E-state index in [1.807, 2.05) is 6.07 Å². The molecular weight excluding hydrogens is 417 g/mol. The fourth-order valence-electron chi connectivity index (χ4n) is 3.77. The number of cyclic esters (lactones) is 1. The van der Waals surface area contributed by atoms with Gasteiger partial charge in [0.05, 0.1) is 26.7 Å². The molecule has 1 aromatic rings. The highest BCUT2D eigenvalue weighted by molar-refractivity contribution is 6.00. The Kier molecular flexibility index (Phi) is 6.74. The van der Waals surface area contributed by atoms with E-state index in [9.17, 15) is 22.8 Å². The first kappa shape index (κ1) is 22.9. The minimum atomic E-state index is -4.55. The molecule has 1 aliphatic carbocycles. The Bertz CT molecular complexity index is 874. The number of rotatable bonds is 8. The molecule has 2 atom stereocenters. The van der Waals surface area contributed by atoms with Crippen LogP contribution in [0.3, 0.4) is 0 Å². The summed E-state index contributed by atoms with van der Waals surface area (Å²) in [6, 6.07) is 5.36. The number of carbonyl (C=O) groups excluding carboxylic acids is 2. The number of esters is 1. The highest BCUT2D eigenvalue weighted by Gasteiger charge is 2.44. The maximum absolute atomic E-state index is 12.8. The molecule has 6 nitrogen and oxygen atoms in total. The van der Waals surface area contributed by atoms with Gasteiger partial charge in [0, 0.05) is 5.92 Å². The van der Waals surface area contributed by atoms with E-state index in [2.05, 4.69) is 0 Å². The van der Waals surface area contributed by atoms with Crippen LogP contribution >= 0.6 is 0 Å². The van der Waals surface area contributed by atoms with Gasteiger partial charge >= 0.3 is 12.1 Å². The second-order valence-corrected chi connectivity index (χ2v) is 7.52. The molecule has 0 aromatic heterocycles. The molecular formula is C22H23F3O6. The summed E-state index contributed by atoms with van der Waals surface area (Å²) in [5, 5.41) is 0. The number of ether oxygens (including phenoxy) is 4. The zero-order valence-corrected chi connectivity index (χ0v) is 17.1. The van der Waals surface area contributed by atoms with Crippen LogP contribution in [0.4, 0.5) is 13.2 Å². The van der Waals surface area contributed by atoms with Gasteiger partial charge in [-0.05, 0) is 54.8 Å². The molecule has 0 N–H and O–H groups in total. The van der Waals surface area contributed by atoms with Crippen LogP contribution in [0.25, 0.3) is 0 Å². The lowest BCUT2D eigenvalue weighted by atomic mass is 9.79. The van der Waals surface area contributed by atoms with Crippen molar-refractivity contribution in [2.24, 2.45) is 11.8 Å². The summed E-state index contributed by atoms with van der Waals surface area (Å²) < 4.78 is 59.3. The van der Waals surface area contributed by atoms with Gasteiger partial charge in [-0.3, -0.25) is 9.59 Å². The van der Waals surface area contributed by atoms with Crippen LogP contribution < -0.4 is 9.47 Å². The molecule has 1 saturated heterocycles. The highest BCUT2D eigenvalue weighted by Crippen LogP contribution is 2.38. The summed E-state index contributed by atoms with van der Waals surface area (Å²) in [5.74, 6) is -0.756. The Morgan fingerprint density at radius 3 is 2.39 bits per heavy atom. The van der Waals surface area contributed by atoms with E-state index in [0.717, 1.165) is 17.7 Å². The van der Waals surface area contributed by atoms with Gasteiger partial charge in [-0.15, -0.1) is 0 Å². The van der Waals surface area contributed by atoms with Gasteiger partial charge < -0.3 is 18.9 Å². The lowest BCUT2D eigenvalue weighted by Crippen LogP contribution is -2.38. The lowest BCUT2D eigenvalue weighted by Gasteiger charge is -2.32. The minimum absolute atomic E-state index is 0.0693. The van der Waals surface area contributed by atoms with Crippen molar-refractivity contribution in [2.75, 3.05) is 27.4 Å². The quantitative estimate of drug-likeness (QED) is 0.577. The van der Waals surface area contributed by atoms with Crippen molar-refractivity contribution in [3.63, 3.8) is 0 Å². The normalized spacial score (nSPS) is 22.5. The number of hydrogen-bond donors (Lipinski definition) is 0. The van der Waals surface area contributed by atoms with E-state index in [1.54, 1.807) is 12.1 Å². The Hall–Kier alpha value is -2.81. The molecule has 0 bridgehead atoms. The van der Waals surface area contributed by atoms with Crippen molar-refractivity contribution in [3.8, 4) is 11.5 Å². The third-order valence-corrected chi connectivity index (χ3v) is 5.36. The van der Waals surface area contributed by atoms with Gasteiger partial charge in [0.2, 0.25) is 0 Å². The number of benzene rings is 1. The Labute approximate surface area is 177 Å². The summed E-state index contributed by atoms with van der Waals surface area (Å²) in [7, 11) is 3.03. The van der Waals surface area contributed by atoms with Gasteiger partial charge in [0.1, 0.15) is 12.2 Å². The fraction of sp³-hybridized carbons (Fsp3) is 0.455. The monoisotopic (exact) mass is 440 g/mol. The van der Waals surface area contributed by atoms with Crippen LogP contribution in [-0.2, 0) is 25.5 Å². The van der Waals surface area contributed by atoms with Crippen LogP contribution in [0.2, 0.25) is 0 Å². The molecule has 0 amide bonds. The second kappa shape index (κ2) is 9.13. The maximum Gasteiger partial charge on any atom is 0.411 e. The molecule has 168 valence electrons. The number of ketones is 1. The van der Waals surface area contributed by atoms with E-state index in [1.165, 1.54) is 26.4 Å². The SMILES string of the molecule is COc1ccc(C[C@H]2COC(=O)[C@@H]2CC2(OCC(F)(F)F)C=CC(=O)C=C2)cc1OC. The molecule has 9 heteroatoms. The average molecular weight is 440 g/mol. The number of alkyl halides is 3. The molecule has 0 unspecified atom stereocenters. The average Bonchev–Trinajstić information content (AvgIpc) is 3.07. The van der Waals surface area contributed by atoms with Crippen LogP contribution in [0.5, 0.6) is 11.5 Å². The van der Waals surface area contributed by atoms with Crippen molar-refractivity contribution >= 4 is 11.8 Å². The zero-order chi connectivity index (χ0) is 22.6. The predicted molar refractivity (Wildman–Crippen MR) is 104 cm³/mol. The van der Waals surface area contributed by atoms with Crippen molar-refractivity contribution in [1.82, 2.24) is 0 Å². The number of halogens is 3. The van der Waals surface area contributed by atoms with Crippen LogP contribution in [-0.4, -0.2) is 51.0 Å². The number of methoxy groups -OCH3 is 2. The molecule has 1 fully saturated rings. The van der Waals surface area contributed by atoms with Crippen molar-refractivity contribution in [2.45, 2.75) is 24.6 Å². The van der Waals surface area contributed by atoms with Gasteiger partial charge in [-0.2, -0.15) is 13.2 Å². The van der Waals surface area contributed by atoms with Crippen molar-refractivity contribution in [3.05, 3.63) is 48.1 Å². The zero-order valence-electron chi connectivity index (χ0n) is 17.1. The summed E-state index contributed by atoms with van der Waals surface area (Å²) >= 11 is 0. The molecule has 1 heterocycles. The van der Waals surface area contributed by atoms with Gasteiger partial charge in [0.15, 0.2) is 17.3 Å². The van der Waals surface area contributed by atoms with E-state index in [4.69, 9.17) is 18.9 Å². The molecule has 1 aromatic carbocycles. The molecule has 0 radical (unpaired) electrons. The Balaban J connectivity index is 1.80. The third-order valence-electron chi connectivity index (χ3n) is 5.36. The predicted octanol–water partition coefficient (Wildman–Crippen LogP) is 3.44. The first-order valence-electron chi connectivity index (χ1n) is 9.65. The largest absolute Gasteiger partial charge is 0.493 e. The lowest BCUT2D eigenvalue weighted by molar-refractivity contribution is -0.193. The summed E-state index contributed by atoms with van der Waals surface area (Å²) in [6.45, 7) is -1.36. The summed E-state index contributed by atoms with van der Waals surface area (Å²) in [6.07, 6.45) is 0.685. The molecule has 3 rings (SSSR count). The standard InChI is InChI=1S/C22H23F3O6/c1-28-18-4-3-14(10-19(18)29-2)9-15-12-30-20(27)17(15)11-21(31-13-22(23,24)25)7-5-16(26)6-8-21/h3-8,10,15,17H,9,11-13H2,1-2H3/t15-,17+/m0/s1. The van der Waals surface area contributed by atoms with E-state index in [0.29, 0.717) is 17.9 Å². The number of carbonyl (C=O) groups is 2. The summed E-state index contributed by atoms with van der Waals surface area (Å²) in [4.78, 5) is 23.9. The van der Waals surface area contributed by atoms with Crippen LogP contribution in [0.15, 0.2) is 42.5 Å². The first-order valence-corrected chi connectivity index (χ1v) is 9.65. The molecule has 1 aliphatic heterocycles. The molecule has 31 heavy (non-hydrogen) atoms. The van der Waals surface area contributed by atoms with Crippen molar-refractivity contribution < 1.29 is 41.7 Å². The molecule has 0 spiro atoms. The molecule has 0 saturated carbocycles. The second-order valence-electron chi connectivity index (χ2n) is 7.52. The van der Waals surface area contributed by atoms with Crippen LogP contribution in [0, 0.1) is 11.8 Å². The summed E-state index contributed by atoms with van der Waals surface area (Å²) in [5.41, 5.74) is -0.658. The Morgan fingerprint density at radius 2 is 1.77 bits per heavy atom. The van der Waals surface area contributed by atoms with Crippen LogP contribution in [0.1, 0.15) is 12.0 Å². The van der Waals surface area contributed by atoms with Gasteiger partial charge in [0.25, 0.3) is 0 Å². The van der Waals surface area contributed by atoms with Gasteiger partial charge in [-0.1, -0.05) is 6.07 Å². The topological polar surface area (TPSA) is 71.1 Å². The van der Waals surface area contributed by atoms with E-state index < -0.39 is 30.3 Å². The first-order chi connectivity index (χ1) is 14.6. The fourth-order valence-corrected chi connectivity index (χ4v) is 3.77. The third kappa shape index (κ3) is 5.66. The Morgan fingerprint density at radius 1 is 1.10 bits per heavy atom. The highest BCUT2D eigenvalue weighted by atomic mass is 19.4. The van der Waals surface area contributed by atoms with E-state index >= 15 is 0 Å². The van der Waals surface area contributed by atoms with Crippen molar-refractivity contribution in [1.29, 1.82) is 0 Å². The van der Waals surface area contributed by atoms with E-state index in [-0.39, 0.29) is 24.7 Å².